The number of thiazole rings is 1. The van der Waals surface area contributed by atoms with Crippen LogP contribution in [-0.4, -0.2) is 84.1 Å². The van der Waals surface area contributed by atoms with Crippen molar-refractivity contribution in [3.8, 4) is 0 Å². The Morgan fingerprint density at radius 3 is 2.56 bits per heavy atom. The second kappa shape index (κ2) is 11.5. The van der Waals surface area contributed by atoms with Crippen LogP contribution >= 0.6 is 11.3 Å². The Morgan fingerprint density at radius 1 is 1.41 bits per heavy atom. The molecule has 0 spiro atoms. The Kier molecular flexibility index (Phi) is 9.98. The number of nitrogens with two attached hydrogens (primary N) is 1. The van der Waals surface area contributed by atoms with Crippen LogP contribution in [0.5, 0.6) is 0 Å². The van der Waals surface area contributed by atoms with E-state index in [1.54, 1.807) is 0 Å². The van der Waals surface area contributed by atoms with E-state index < -0.39 is 58.5 Å². The number of anilines is 1. The number of oxime groups is 1. The molecule has 1 aromatic rings. The van der Waals surface area contributed by atoms with E-state index in [0.717, 1.165) is 18.4 Å². The predicted octanol–water partition coefficient (Wildman–Crippen LogP) is -5.20. The summed E-state index contributed by atoms with van der Waals surface area (Å²) in [4.78, 5) is 56.8. The molecule has 0 radical (unpaired) electrons. The molecule has 2 heterocycles. The van der Waals surface area contributed by atoms with Crippen molar-refractivity contribution in [1.82, 2.24) is 14.6 Å². The van der Waals surface area contributed by atoms with E-state index in [2.05, 4.69) is 29.8 Å². The molecule has 2 atom stereocenters. The first kappa shape index (κ1) is 27.7. The molecular weight excluding hydrogens is 485 g/mol. The Hall–Kier alpha value is -2.31. The fourth-order valence-corrected chi connectivity index (χ4v) is 3.80. The van der Waals surface area contributed by atoms with Crippen molar-refractivity contribution in [2.75, 3.05) is 26.1 Å². The minimum atomic E-state index is -5.17. The van der Waals surface area contributed by atoms with Crippen LogP contribution in [0.25, 0.3) is 0 Å². The molecular formula is C14H18N5NaO10S2. The molecule has 2 amide bonds. The predicted molar refractivity (Wildman–Crippen MR) is 103 cm³/mol. The maximum absolute atomic E-state index is 12.6. The smallest absolute Gasteiger partial charge is 1.00 e. The fourth-order valence-electron chi connectivity index (χ4n) is 2.41. The third kappa shape index (κ3) is 6.36. The molecule has 15 nitrogen and oxygen atoms in total. The van der Waals surface area contributed by atoms with Crippen LogP contribution in [0.4, 0.5) is 5.13 Å². The van der Waals surface area contributed by atoms with Crippen molar-refractivity contribution in [1.29, 1.82) is 0 Å². The van der Waals surface area contributed by atoms with Gasteiger partial charge >= 0.3 is 51.8 Å². The van der Waals surface area contributed by atoms with Crippen molar-refractivity contribution < 1.29 is 77.4 Å². The van der Waals surface area contributed by atoms with E-state index >= 15 is 0 Å². The van der Waals surface area contributed by atoms with E-state index in [4.69, 9.17) is 5.73 Å². The molecule has 0 saturated carbocycles. The van der Waals surface area contributed by atoms with Gasteiger partial charge in [0.15, 0.2) is 23.5 Å². The number of hydrogen-bond acceptors (Lipinski definition) is 13. The van der Waals surface area contributed by atoms with Crippen LogP contribution in [-0.2, 0) is 43.8 Å². The van der Waals surface area contributed by atoms with Gasteiger partial charge in [0, 0.05) is 5.38 Å². The maximum Gasteiger partial charge on any atom is 1.00 e. The number of aromatic nitrogens is 1. The number of nitrogens with one attached hydrogen (secondary N) is 1. The maximum atomic E-state index is 12.6. The number of carbonyl (C=O) groups is 4. The number of amides is 2. The molecule has 172 valence electrons. The number of β-lactam (4-membered cyclic amide) rings is 1. The SMILES string of the molecule is CCOC(=O)COC(=O)C1C(NC(=O)/C(=N\OC)c2csc(N)n2)C(=O)N1S(=O)(=O)O.[H-].[Na+]. The Labute approximate surface area is 208 Å². The van der Waals surface area contributed by atoms with Crippen molar-refractivity contribution in [2.24, 2.45) is 5.16 Å². The van der Waals surface area contributed by atoms with Gasteiger partial charge in [-0.1, -0.05) is 5.16 Å². The summed E-state index contributed by atoms with van der Waals surface area (Å²) in [6, 6.07) is -3.74. The molecule has 1 saturated heterocycles. The quantitative estimate of drug-likeness (QED) is 0.0719. The number of nitrogens with zero attached hydrogens (tertiary/aromatic N) is 3. The molecule has 32 heavy (non-hydrogen) atoms. The van der Waals surface area contributed by atoms with E-state index in [1.165, 1.54) is 12.3 Å². The van der Waals surface area contributed by atoms with Crippen LogP contribution in [0.3, 0.4) is 0 Å². The summed E-state index contributed by atoms with van der Waals surface area (Å²) in [6.07, 6.45) is 0. The van der Waals surface area contributed by atoms with Crippen LogP contribution < -0.4 is 40.6 Å². The molecule has 4 N–H and O–H groups in total. The molecule has 0 bridgehead atoms. The molecule has 2 rings (SSSR count). The van der Waals surface area contributed by atoms with Gasteiger partial charge in [-0.15, -0.1) is 11.3 Å². The summed E-state index contributed by atoms with van der Waals surface area (Å²) >= 11 is 0.982. The van der Waals surface area contributed by atoms with Crippen molar-refractivity contribution >= 4 is 56.2 Å². The first-order valence-corrected chi connectivity index (χ1v) is 10.5. The number of carbonyl (C=O) groups excluding carboxylic acids is 4. The van der Waals surface area contributed by atoms with Gasteiger partial charge in [-0.05, 0) is 6.92 Å². The van der Waals surface area contributed by atoms with Gasteiger partial charge < -0.3 is 26.8 Å². The number of nitrogen functional groups attached to an aromatic ring is 1. The summed E-state index contributed by atoms with van der Waals surface area (Å²) in [5.41, 5.74) is 5.07. The zero-order valence-corrected chi connectivity index (χ0v) is 20.6. The third-order valence-corrected chi connectivity index (χ3v) is 5.21. The second-order valence-corrected chi connectivity index (χ2v) is 7.79. The topological polar surface area (TPSA) is 217 Å². The summed E-state index contributed by atoms with van der Waals surface area (Å²) < 4.78 is 41.1. The molecule has 1 aliphatic rings. The van der Waals surface area contributed by atoms with Gasteiger partial charge in [-0.2, -0.15) is 12.7 Å². The van der Waals surface area contributed by atoms with E-state index in [9.17, 15) is 32.1 Å². The van der Waals surface area contributed by atoms with E-state index in [1.807, 2.05) is 0 Å². The first-order chi connectivity index (χ1) is 14.5. The van der Waals surface area contributed by atoms with Gasteiger partial charge in [0.05, 0.1) is 6.61 Å². The zero-order valence-electron chi connectivity index (χ0n) is 18.0. The Morgan fingerprint density at radius 2 is 2.06 bits per heavy atom. The van der Waals surface area contributed by atoms with Crippen molar-refractivity contribution in [3.05, 3.63) is 11.1 Å². The second-order valence-electron chi connectivity index (χ2n) is 5.61. The first-order valence-electron chi connectivity index (χ1n) is 8.27. The van der Waals surface area contributed by atoms with Crippen LogP contribution in [0.2, 0.25) is 0 Å². The number of hydrogen-bond donors (Lipinski definition) is 3. The summed E-state index contributed by atoms with van der Waals surface area (Å²) in [5, 5.41) is 7.05. The fraction of sp³-hybridized carbons (Fsp3) is 0.429. The largest absolute Gasteiger partial charge is 1.00 e. The Balaban J connectivity index is 0.00000512. The van der Waals surface area contributed by atoms with Crippen LogP contribution in [0, 0.1) is 0 Å². The normalized spacial score (nSPS) is 18.2. The minimum absolute atomic E-state index is 0. The standard InChI is InChI=1S/C14H17N5O10S2.Na.H/c1-3-28-7(20)4-29-13(23)10-9(12(22)19(10)31(24,25)26)17-11(21)8(18-27-2)6-5-30-14(15)16-6;;/h5,9-10H,3-4H2,1-2H3,(H2,15,16)(H,17,21)(H,24,25,26);;/q;+1;-1/b18-8-;;. The van der Waals surface area contributed by atoms with Crippen LogP contribution in [0.15, 0.2) is 10.5 Å². The summed E-state index contributed by atoms with van der Waals surface area (Å²) in [7, 11) is -4.04. The average molecular weight is 503 g/mol. The average Bonchev–Trinajstić information content (AvgIpc) is 3.11. The van der Waals surface area contributed by atoms with Gasteiger partial charge in [0.25, 0.3) is 11.8 Å². The van der Waals surface area contributed by atoms with Crippen molar-refractivity contribution in [2.45, 2.75) is 19.0 Å². The summed E-state index contributed by atoms with van der Waals surface area (Å²) in [5.74, 6) is -4.72. The molecule has 1 aliphatic heterocycles. The minimum Gasteiger partial charge on any atom is -1.00 e. The third-order valence-electron chi connectivity index (χ3n) is 3.63. The van der Waals surface area contributed by atoms with Gasteiger partial charge in [0.1, 0.15) is 18.8 Å². The number of rotatable bonds is 9. The van der Waals surface area contributed by atoms with E-state index in [0.29, 0.717) is 0 Å². The van der Waals surface area contributed by atoms with Gasteiger partial charge in [0.2, 0.25) is 0 Å². The zero-order chi connectivity index (χ0) is 23.3. The van der Waals surface area contributed by atoms with Crippen molar-refractivity contribution in [3.63, 3.8) is 0 Å². The number of ether oxygens (including phenoxy) is 2. The summed E-state index contributed by atoms with van der Waals surface area (Å²) in [6.45, 7) is 0.619. The van der Waals surface area contributed by atoms with E-state index in [-0.39, 0.29) is 52.7 Å². The molecule has 1 fully saturated rings. The van der Waals surface area contributed by atoms with Crippen LogP contribution in [0.1, 0.15) is 14.0 Å². The molecule has 0 aromatic carbocycles. The molecule has 0 aliphatic carbocycles. The molecule has 18 heteroatoms. The van der Waals surface area contributed by atoms with Gasteiger partial charge in [-0.3, -0.25) is 14.1 Å². The Bertz CT molecular complexity index is 1030. The van der Waals surface area contributed by atoms with Gasteiger partial charge in [-0.25, -0.2) is 14.6 Å². The molecule has 1 aromatic heterocycles. The molecule has 2 unspecified atom stereocenters. The monoisotopic (exact) mass is 503 g/mol. The number of esters is 2.